The standard InChI is InChI=1S/C24H23F4N9O2/c1-38-21-20-15(14-2-3-18-19(8-14)37(34-32-18)11-24(26,27)28)4-7-36(20)33-22(31-21)30-17-5-6-35(9-16(17)25)23(10-29)12-39-13-23/h2-4,7-8,16-17H,5-6,9,11-13H2,1H3,(H,30,33)/t16-,17+/m1/s1. The molecule has 0 spiro atoms. The lowest BCUT2D eigenvalue weighted by atomic mass is 9.92. The summed E-state index contributed by atoms with van der Waals surface area (Å²) in [6.07, 6.45) is -3.61. The van der Waals surface area contributed by atoms with Gasteiger partial charge in [-0.2, -0.15) is 23.4 Å². The van der Waals surface area contributed by atoms with Gasteiger partial charge >= 0.3 is 6.18 Å². The van der Waals surface area contributed by atoms with E-state index < -0.39 is 30.5 Å². The van der Waals surface area contributed by atoms with Crippen molar-refractivity contribution in [3.63, 3.8) is 0 Å². The van der Waals surface area contributed by atoms with E-state index in [-0.39, 0.29) is 37.1 Å². The molecule has 15 heteroatoms. The van der Waals surface area contributed by atoms with Gasteiger partial charge in [0.25, 0.3) is 0 Å². The van der Waals surface area contributed by atoms with Gasteiger partial charge in [0.15, 0.2) is 5.54 Å². The number of ether oxygens (including phenoxy) is 2. The summed E-state index contributed by atoms with van der Waals surface area (Å²) >= 11 is 0. The maximum atomic E-state index is 15.1. The number of fused-ring (bicyclic) bond motifs is 2. The van der Waals surface area contributed by atoms with Crippen LogP contribution < -0.4 is 10.1 Å². The number of nitrogens with zero attached hydrogens (tertiary/aromatic N) is 8. The molecule has 0 unspecified atom stereocenters. The number of alkyl halides is 4. The second-order valence-electron chi connectivity index (χ2n) is 9.67. The molecule has 3 aromatic heterocycles. The molecule has 204 valence electrons. The van der Waals surface area contributed by atoms with E-state index in [1.165, 1.54) is 11.6 Å². The van der Waals surface area contributed by atoms with Crippen LogP contribution in [0.2, 0.25) is 0 Å². The third-order valence-corrected chi connectivity index (χ3v) is 7.18. The number of likely N-dealkylation sites (tertiary alicyclic amines) is 1. The molecule has 2 aliphatic rings. The van der Waals surface area contributed by atoms with E-state index in [0.717, 1.165) is 4.68 Å². The second-order valence-corrected chi connectivity index (χ2v) is 9.67. The topological polar surface area (TPSA) is 118 Å². The van der Waals surface area contributed by atoms with Gasteiger partial charge in [-0.25, -0.2) is 13.6 Å². The number of methoxy groups -OCH3 is 1. The minimum atomic E-state index is -4.45. The molecule has 0 amide bonds. The average molecular weight is 546 g/mol. The van der Waals surface area contributed by atoms with Gasteiger partial charge in [0, 0.05) is 24.8 Å². The van der Waals surface area contributed by atoms with Crippen LogP contribution in [0.4, 0.5) is 23.5 Å². The second kappa shape index (κ2) is 9.31. The lowest BCUT2D eigenvalue weighted by Gasteiger charge is -2.48. The van der Waals surface area contributed by atoms with Crippen LogP contribution in [0.1, 0.15) is 6.42 Å². The van der Waals surface area contributed by atoms with Crippen LogP contribution in [0.15, 0.2) is 30.5 Å². The van der Waals surface area contributed by atoms with Crippen LogP contribution in [0, 0.1) is 11.3 Å². The first-order valence-corrected chi connectivity index (χ1v) is 12.2. The molecule has 0 saturated carbocycles. The molecular formula is C24H23F4N9O2. The van der Waals surface area contributed by atoms with Crippen LogP contribution in [0.5, 0.6) is 5.88 Å². The van der Waals surface area contributed by atoms with Crippen LogP contribution >= 0.6 is 0 Å². The number of halogens is 4. The number of aromatic nitrogens is 6. The largest absolute Gasteiger partial charge is 0.479 e. The Bertz CT molecular complexity index is 1570. The van der Waals surface area contributed by atoms with Crippen molar-refractivity contribution in [2.45, 2.75) is 36.9 Å². The van der Waals surface area contributed by atoms with E-state index in [0.29, 0.717) is 35.1 Å². The Kier molecular flexibility index (Phi) is 6.03. The van der Waals surface area contributed by atoms with Crippen molar-refractivity contribution in [2.75, 3.05) is 38.7 Å². The van der Waals surface area contributed by atoms with Gasteiger partial charge in [0.1, 0.15) is 23.7 Å². The molecule has 2 atom stereocenters. The lowest BCUT2D eigenvalue weighted by molar-refractivity contribution is -0.142. The molecule has 2 saturated heterocycles. The Labute approximate surface area is 218 Å². The van der Waals surface area contributed by atoms with E-state index in [4.69, 9.17) is 9.47 Å². The smallest absolute Gasteiger partial charge is 0.408 e. The predicted molar refractivity (Wildman–Crippen MR) is 130 cm³/mol. The lowest BCUT2D eigenvalue weighted by Crippen LogP contribution is -2.65. The summed E-state index contributed by atoms with van der Waals surface area (Å²) in [7, 11) is 1.44. The van der Waals surface area contributed by atoms with Crippen molar-refractivity contribution in [1.82, 2.24) is 34.5 Å². The third kappa shape index (κ3) is 4.49. The van der Waals surface area contributed by atoms with Crippen molar-refractivity contribution in [1.29, 1.82) is 5.26 Å². The molecule has 6 rings (SSSR count). The highest BCUT2D eigenvalue weighted by molar-refractivity contribution is 5.89. The highest BCUT2D eigenvalue weighted by Crippen LogP contribution is 2.34. The predicted octanol–water partition coefficient (Wildman–Crippen LogP) is 2.83. The summed E-state index contributed by atoms with van der Waals surface area (Å²) in [5.41, 5.74) is 1.51. The first kappa shape index (κ1) is 25.3. The van der Waals surface area contributed by atoms with Crippen LogP contribution in [0.25, 0.3) is 27.7 Å². The van der Waals surface area contributed by atoms with Crippen LogP contribution in [0.3, 0.4) is 0 Å². The summed E-state index contributed by atoms with van der Waals surface area (Å²) in [5.74, 6) is 0.366. The van der Waals surface area contributed by atoms with E-state index in [9.17, 15) is 18.4 Å². The maximum Gasteiger partial charge on any atom is 0.408 e. The van der Waals surface area contributed by atoms with Gasteiger partial charge in [-0.15, -0.1) is 10.2 Å². The molecule has 5 heterocycles. The first-order valence-electron chi connectivity index (χ1n) is 12.2. The zero-order valence-electron chi connectivity index (χ0n) is 20.7. The average Bonchev–Trinajstić information content (AvgIpc) is 3.48. The molecule has 0 aliphatic carbocycles. The Morgan fingerprint density at radius 1 is 1.28 bits per heavy atom. The Hall–Kier alpha value is -4.03. The fourth-order valence-electron chi connectivity index (χ4n) is 5.08. The SMILES string of the molecule is COc1nc(N[C@H]2CCN(C3(C#N)COC3)C[C@H]2F)nn2ccc(-c3ccc4nnn(CC(F)(F)F)c4c3)c12. The normalized spacial score (nSPS) is 21.5. The Morgan fingerprint density at radius 2 is 2.10 bits per heavy atom. The molecule has 2 aliphatic heterocycles. The van der Waals surface area contributed by atoms with E-state index in [1.807, 2.05) is 4.90 Å². The summed E-state index contributed by atoms with van der Waals surface area (Å²) in [6.45, 7) is -0.108. The number of rotatable bonds is 6. The summed E-state index contributed by atoms with van der Waals surface area (Å²) < 4.78 is 67.2. The van der Waals surface area contributed by atoms with Crippen molar-refractivity contribution in [3.8, 4) is 23.1 Å². The quantitative estimate of drug-likeness (QED) is 0.365. The number of anilines is 1. The molecule has 0 radical (unpaired) electrons. The van der Waals surface area contributed by atoms with Crippen molar-refractivity contribution in [2.24, 2.45) is 0 Å². The van der Waals surface area contributed by atoms with E-state index >= 15 is 4.39 Å². The van der Waals surface area contributed by atoms with Crippen LogP contribution in [-0.4, -0.2) is 91.8 Å². The minimum absolute atomic E-state index is 0.0872. The number of piperidine rings is 1. The number of nitriles is 1. The molecule has 1 N–H and O–H groups in total. The van der Waals surface area contributed by atoms with Gasteiger partial charge in [-0.05, 0) is 30.2 Å². The van der Waals surface area contributed by atoms with Crippen molar-refractivity contribution >= 4 is 22.5 Å². The Balaban J connectivity index is 1.27. The monoisotopic (exact) mass is 545 g/mol. The molecular weight excluding hydrogens is 522 g/mol. The van der Waals surface area contributed by atoms with Gasteiger partial charge in [0.05, 0.1) is 38.0 Å². The van der Waals surface area contributed by atoms with Crippen molar-refractivity contribution < 1.29 is 27.0 Å². The van der Waals surface area contributed by atoms with E-state index in [2.05, 4.69) is 31.8 Å². The van der Waals surface area contributed by atoms with Gasteiger partial charge in [-0.1, -0.05) is 11.3 Å². The zero-order chi connectivity index (χ0) is 27.4. The number of hydrogen-bond acceptors (Lipinski definition) is 9. The Morgan fingerprint density at radius 3 is 2.77 bits per heavy atom. The first-order chi connectivity index (χ1) is 18.7. The molecule has 4 aromatic rings. The highest BCUT2D eigenvalue weighted by atomic mass is 19.4. The van der Waals surface area contributed by atoms with Gasteiger partial charge < -0.3 is 14.8 Å². The number of nitrogens with one attached hydrogen (secondary N) is 1. The zero-order valence-corrected chi connectivity index (χ0v) is 20.7. The fraction of sp³-hybridized carbons (Fsp3) is 0.458. The van der Waals surface area contributed by atoms with E-state index in [1.54, 1.807) is 30.5 Å². The summed E-state index contributed by atoms with van der Waals surface area (Å²) in [4.78, 5) is 6.27. The van der Waals surface area contributed by atoms with Crippen LogP contribution in [-0.2, 0) is 11.3 Å². The molecule has 1 aromatic carbocycles. The maximum absolute atomic E-state index is 15.1. The highest BCUT2D eigenvalue weighted by Gasteiger charge is 2.48. The molecule has 39 heavy (non-hydrogen) atoms. The molecule has 11 nitrogen and oxygen atoms in total. The fourth-order valence-corrected chi connectivity index (χ4v) is 5.08. The summed E-state index contributed by atoms with van der Waals surface area (Å²) in [5, 5.41) is 24.5. The van der Waals surface area contributed by atoms with Gasteiger partial charge in [-0.3, -0.25) is 4.90 Å². The number of benzene rings is 1. The molecule has 2 fully saturated rings. The van der Waals surface area contributed by atoms with Crippen molar-refractivity contribution in [3.05, 3.63) is 30.5 Å². The molecule has 0 bridgehead atoms. The minimum Gasteiger partial charge on any atom is -0.479 e. The summed E-state index contributed by atoms with van der Waals surface area (Å²) in [6, 6.07) is 8.32. The number of hydrogen-bond donors (Lipinski definition) is 1. The third-order valence-electron chi connectivity index (χ3n) is 7.18. The van der Waals surface area contributed by atoms with Gasteiger partial charge in [0.2, 0.25) is 11.8 Å².